The molecule has 0 saturated heterocycles. The molecule has 18 heavy (non-hydrogen) atoms. The van der Waals surface area contributed by atoms with Gasteiger partial charge in [0, 0.05) is 29.7 Å². The van der Waals surface area contributed by atoms with Gasteiger partial charge >= 0.3 is 5.97 Å². The van der Waals surface area contributed by atoms with Gasteiger partial charge in [0.1, 0.15) is 0 Å². The minimum atomic E-state index is -1.03. The zero-order chi connectivity index (χ0) is 13.1. The predicted octanol–water partition coefficient (Wildman–Crippen LogP) is 1.61. The molecule has 0 radical (unpaired) electrons. The zero-order valence-electron chi connectivity index (χ0n) is 9.90. The van der Waals surface area contributed by atoms with Crippen LogP contribution in [0.25, 0.3) is 0 Å². The first-order valence-corrected chi connectivity index (χ1v) is 5.43. The second-order valence-corrected chi connectivity index (χ2v) is 4.02. The van der Waals surface area contributed by atoms with E-state index in [4.69, 9.17) is 10.8 Å². The van der Waals surface area contributed by atoms with E-state index in [0.29, 0.717) is 12.2 Å². The number of carboxylic acid groups (broad SMARTS) is 1. The molecular formula is C12H14N4O2. The zero-order valence-corrected chi connectivity index (χ0v) is 9.90. The number of aromatic carboxylic acids is 1. The number of nitrogens with zero attached hydrogens (tertiary/aromatic N) is 1. The van der Waals surface area contributed by atoms with Crippen LogP contribution in [-0.2, 0) is 6.54 Å². The standard InChI is InChI=1S/C12H14N4O2/c1-7-2-9(3-10(11(7)13)12(17)18)14-4-8-5-15-16-6-8/h2-3,5-6,14H,4,13H2,1H3,(H,15,16)(H,17,18). The maximum Gasteiger partial charge on any atom is 0.337 e. The van der Waals surface area contributed by atoms with Crippen LogP contribution in [0.15, 0.2) is 24.5 Å². The van der Waals surface area contributed by atoms with Gasteiger partial charge in [0.2, 0.25) is 0 Å². The van der Waals surface area contributed by atoms with Crippen molar-refractivity contribution < 1.29 is 9.90 Å². The number of aryl methyl sites for hydroxylation is 1. The Morgan fingerprint density at radius 3 is 2.94 bits per heavy atom. The summed E-state index contributed by atoms with van der Waals surface area (Å²) in [6, 6.07) is 3.35. The second-order valence-electron chi connectivity index (χ2n) is 4.02. The summed E-state index contributed by atoms with van der Waals surface area (Å²) in [5, 5.41) is 18.7. The van der Waals surface area contributed by atoms with E-state index in [2.05, 4.69) is 15.5 Å². The molecule has 0 spiro atoms. The fourth-order valence-electron chi connectivity index (χ4n) is 1.66. The molecule has 2 rings (SSSR count). The number of carboxylic acids is 1. The number of rotatable bonds is 4. The van der Waals surface area contributed by atoms with E-state index in [0.717, 1.165) is 16.8 Å². The Bertz CT molecular complexity index is 564. The Hall–Kier alpha value is -2.50. The van der Waals surface area contributed by atoms with E-state index < -0.39 is 5.97 Å². The average Bonchev–Trinajstić information content (AvgIpc) is 2.83. The van der Waals surface area contributed by atoms with Crippen LogP contribution in [0.2, 0.25) is 0 Å². The van der Waals surface area contributed by atoms with Gasteiger partial charge in [-0.3, -0.25) is 5.10 Å². The quantitative estimate of drug-likeness (QED) is 0.613. The topological polar surface area (TPSA) is 104 Å². The van der Waals surface area contributed by atoms with E-state index in [1.807, 2.05) is 6.07 Å². The molecule has 0 aliphatic rings. The molecule has 0 atom stereocenters. The van der Waals surface area contributed by atoms with Crippen molar-refractivity contribution >= 4 is 17.3 Å². The molecule has 1 heterocycles. The minimum Gasteiger partial charge on any atom is -0.478 e. The molecule has 5 N–H and O–H groups in total. The Balaban J connectivity index is 2.21. The first-order chi connectivity index (χ1) is 8.58. The lowest BCUT2D eigenvalue weighted by Crippen LogP contribution is -2.07. The summed E-state index contributed by atoms with van der Waals surface area (Å²) in [7, 11) is 0. The third kappa shape index (κ3) is 2.42. The van der Waals surface area contributed by atoms with E-state index >= 15 is 0 Å². The van der Waals surface area contributed by atoms with Crippen molar-refractivity contribution in [2.75, 3.05) is 11.1 Å². The Morgan fingerprint density at radius 1 is 1.56 bits per heavy atom. The molecule has 0 saturated carbocycles. The Kier molecular flexibility index (Phi) is 3.18. The van der Waals surface area contributed by atoms with Gasteiger partial charge in [-0.15, -0.1) is 0 Å². The van der Waals surface area contributed by atoms with E-state index in [1.165, 1.54) is 6.07 Å². The maximum atomic E-state index is 11.0. The summed E-state index contributed by atoms with van der Waals surface area (Å²) in [6.07, 6.45) is 3.48. The lowest BCUT2D eigenvalue weighted by Gasteiger charge is -2.10. The van der Waals surface area contributed by atoms with Gasteiger partial charge in [-0.2, -0.15) is 5.10 Å². The van der Waals surface area contributed by atoms with Gasteiger partial charge in [0.05, 0.1) is 11.8 Å². The molecule has 0 bridgehead atoms. The van der Waals surface area contributed by atoms with Crippen molar-refractivity contribution in [3.63, 3.8) is 0 Å². The fourth-order valence-corrected chi connectivity index (χ4v) is 1.66. The number of nitrogens with two attached hydrogens (primary N) is 1. The molecular weight excluding hydrogens is 232 g/mol. The number of hydrogen-bond acceptors (Lipinski definition) is 4. The summed E-state index contributed by atoms with van der Waals surface area (Å²) in [5.74, 6) is -1.03. The molecule has 0 unspecified atom stereocenters. The molecule has 2 aromatic rings. The summed E-state index contributed by atoms with van der Waals surface area (Å²) >= 11 is 0. The first-order valence-electron chi connectivity index (χ1n) is 5.43. The van der Waals surface area contributed by atoms with Gasteiger partial charge in [-0.1, -0.05) is 0 Å². The highest BCUT2D eigenvalue weighted by molar-refractivity contribution is 5.95. The van der Waals surface area contributed by atoms with Crippen LogP contribution < -0.4 is 11.1 Å². The van der Waals surface area contributed by atoms with Crippen LogP contribution in [0.3, 0.4) is 0 Å². The highest BCUT2D eigenvalue weighted by atomic mass is 16.4. The minimum absolute atomic E-state index is 0.115. The first kappa shape index (κ1) is 12.0. The highest BCUT2D eigenvalue weighted by Gasteiger charge is 2.11. The largest absolute Gasteiger partial charge is 0.478 e. The number of aromatic amines is 1. The molecule has 0 aliphatic heterocycles. The van der Waals surface area contributed by atoms with Crippen LogP contribution >= 0.6 is 0 Å². The molecule has 0 fully saturated rings. The van der Waals surface area contributed by atoms with E-state index in [1.54, 1.807) is 19.3 Å². The van der Waals surface area contributed by atoms with Crippen molar-refractivity contribution in [1.82, 2.24) is 10.2 Å². The monoisotopic (exact) mass is 246 g/mol. The van der Waals surface area contributed by atoms with Crippen molar-refractivity contribution in [2.24, 2.45) is 0 Å². The fraction of sp³-hybridized carbons (Fsp3) is 0.167. The number of hydrogen-bond donors (Lipinski definition) is 4. The summed E-state index contributed by atoms with van der Waals surface area (Å²) < 4.78 is 0. The van der Waals surface area contributed by atoms with Crippen molar-refractivity contribution in [3.05, 3.63) is 41.2 Å². The van der Waals surface area contributed by atoms with E-state index in [9.17, 15) is 4.79 Å². The highest BCUT2D eigenvalue weighted by Crippen LogP contribution is 2.23. The van der Waals surface area contributed by atoms with Crippen LogP contribution in [0.5, 0.6) is 0 Å². The number of carbonyl (C=O) groups is 1. The van der Waals surface area contributed by atoms with Crippen LogP contribution in [0, 0.1) is 6.92 Å². The number of anilines is 2. The van der Waals surface area contributed by atoms with Crippen LogP contribution in [0.4, 0.5) is 11.4 Å². The number of nitrogen functional groups attached to an aromatic ring is 1. The molecule has 6 nitrogen and oxygen atoms in total. The van der Waals surface area contributed by atoms with Gasteiger partial charge in [-0.25, -0.2) is 4.79 Å². The lowest BCUT2D eigenvalue weighted by atomic mass is 10.1. The molecule has 0 aliphatic carbocycles. The van der Waals surface area contributed by atoms with Gasteiger partial charge in [0.15, 0.2) is 0 Å². The second kappa shape index (κ2) is 4.79. The van der Waals surface area contributed by atoms with Gasteiger partial charge in [0.25, 0.3) is 0 Å². The third-order valence-corrected chi connectivity index (χ3v) is 2.67. The molecule has 0 amide bonds. The van der Waals surface area contributed by atoms with Crippen molar-refractivity contribution in [2.45, 2.75) is 13.5 Å². The lowest BCUT2D eigenvalue weighted by molar-refractivity contribution is 0.0698. The average molecular weight is 246 g/mol. The summed E-state index contributed by atoms with van der Waals surface area (Å²) in [5.41, 5.74) is 8.59. The number of aromatic nitrogens is 2. The molecule has 1 aromatic carbocycles. The van der Waals surface area contributed by atoms with Crippen LogP contribution in [-0.4, -0.2) is 21.3 Å². The Morgan fingerprint density at radius 2 is 2.33 bits per heavy atom. The van der Waals surface area contributed by atoms with Gasteiger partial charge in [-0.05, 0) is 24.6 Å². The summed E-state index contributed by atoms with van der Waals surface area (Å²) in [4.78, 5) is 11.0. The molecule has 1 aromatic heterocycles. The molecule has 94 valence electrons. The molecule has 6 heteroatoms. The van der Waals surface area contributed by atoms with E-state index in [-0.39, 0.29) is 5.56 Å². The van der Waals surface area contributed by atoms with Crippen LogP contribution in [0.1, 0.15) is 21.5 Å². The maximum absolute atomic E-state index is 11.0. The third-order valence-electron chi connectivity index (χ3n) is 2.67. The SMILES string of the molecule is Cc1cc(NCc2cn[nH]c2)cc(C(=O)O)c1N. The summed E-state index contributed by atoms with van der Waals surface area (Å²) in [6.45, 7) is 2.35. The van der Waals surface area contributed by atoms with Gasteiger partial charge < -0.3 is 16.2 Å². The number of H-pyrrole nitrogens is 1. The normalized spacial score (nSPS) is 10.3. The Labute approximate surface area is 104 Å². The predicted molar refractivity (Wildman–Crippen MR) is 68.5 cm³/mol. The number of benzene rings is 1. The van der Waals surface area contributed by atoms with Crippen molar-refractivity contribution in [1.29, 1.82) is 0 Å². The smallest absolute Gasteiger partial charge is 0.337 e. The van der Waals surface area contributed by atoms with Crippen molar-refractivity contribution in [3.8, 4) is 0 Å². The number of nitrogens with one attached hydrogen (secondary N) is 2.